The van der Waals surface area contributed by atoms with Crippen molar-refractivity contribution in [2.75, 3.05) is 16.9 Å². The Bertz CT molecular complexity index is 1070. The molecule has 0 bridgehead atoms. The molecule has 4 N–H and O–H groups in total. The fourth-order valence-corrected chi connectivity index (χ4v) is 4.60. The average molecular weight is 471 g/mol. The molecular formula is C15H16BrFN8O2S. The van der Waals surface area contributed by atoms with Gasteiger partial charge in [-0.15, -0.1) is 4.36 Å². The molecule has 0 aliphatic heterocycles. The van der Waals surface area contributed by atoms with Gasteiger partial charge in [-0.3, -0.25) is 4.78 Å². The minimum absolute atomic E-state index is 0.00151. The Hall–Kier alpha value is -2.72. The number of nitriles is 1. The number of oxime groups is 1. The Morgan fingerprint density at radius 1 is 1.50 bits per heavy atom. The third-order valence-electron chi connectivity index (χ3n) is 4.31. The highest BCUT2D eigenvalue weighted by molar-refractivity contribution is 9.10. The molecule has 13 heteroatoms. The smallest absolute Gasteiger partial charge is 0.213 e. The Morgan fingerprint density at radius 2 is 2.25 bits per heavy atom. The molecule has 1 fully saturated rings. The van der Waals surface area contributed by atoms with Crippen LogP contribution in [0.25, 0.3) is 0 Å². The molecule has 1 unspecified atom stereocenters. The molecule has 0 amide bonds. The maximum Gasteiger partial charge on any atom is 0.213 e. The number of benzene rings is 1. The molecule has 0 saturated heterocycles. The van der Waals surface area contributed by atoms with E-state index in [0.717, 1.165) is 0 Å². The number of nitrogens with zero attached hydrogens (tertiary/aromatic N) is 5. The summed E-state index contributed by atoms with van der Waals surface area (Å²) < 4.78 is 30.2. The number of anilines is 2. The Kier molecular flexibility index (Phi) is 5.80. The number of halogens is 2. The van der Waals surface area contributed by atoms with Crippen LogP contribution in [0.4, 0.5) is 15.9 Å². The van der Waals surface area contributed by atoms with Crippen LogP contribution in [0.1, 0.15) is 18.5 Å². The van der Waals surface area contributed by atoms with Gasteiger partial charge in [0.25, 0.3) is 0 Å². The fourth-order valence-electron chi connectivity index (χ4n) is 2.69. The predicted octanol–water partition coefficient (Wildman–Crippen LogP) is 3.37. The summed E-state index contributed by atoms with van der Waals surface area (Å²) in [6.45, 7) is 0. The molecule has 0 spiro atoms. The highest BCUT2D eigenvalue weighted by atomic mass is 79.9. The van der Waals surface area contributed by atoms with Gasteiger partial charge in [0.05, 0.1) is 4.47 Å². The highest BCUT2D eigenvalue weighted by Crippen LogP contribution is 2.31. The Labute approximate surface area is 168 Å². The van der Waals surface area contributed by atoms with Crippen molar-refractivity contribution >= 4 is 42.9 Å². The highest BCUT2D eigenvalue weighted by Gasteiger charge is 2.35. The molecule has 1 aromatic heterocycles. The zero-order chi connectivity index (χ0) is 20.3. The molecule has 2 aromatic rings. The fraction of sp³-hybridized carbons (Fsp3) is 0.333. The minimum atomic E-state index is -2.06. The van der Waals surface area contributed by atoms with Crippen molar-refractivity contribution in [1.82, 2.24) is 10.3 Å². The number of hydrogen-bond acceptors (Lipinski definition) is 9. The van der Waals surface area contributed by atoms with E-state index >= 15 is 0 Å². The first-order chi connectivity index (χ1) is 13.3. The van der Waals surface area contributed by atoms with Gasteiger partial charge in [0.1, 0.15) is 5.82 Å². The van der Waals surface area contributed by atoms with Crippen LogP contribution in [0.3, 0.4) is 0 Å². The van der Waals surface area contributed by atoms with Crippen LogP contribution in [-0.2, 0) is 9.62 Å². The van der Waals surface area contributed by atoms with E-state index in [1.165, 1.54) is 18.2 Å². The first kappa shape index (κ1) is 20.0. The van der Waals surface area contributed by atoms with E-state index in [9.17, 15) is 9.60 Å². The molecule has 3 rings (SSSR count). The summed E-state index contributed by atoms with van der Waals surface area (Å²) in [7, 11) is -2.06. The lowest BCUT2D eigenvalue weighted by atomic mass is 9.92. The first-order valence-electron chi connectivity index (χ1n) is 8.00. The number of rotatable bonds is 5. The number of aromatic nitrogens is 2. The van der Waals surface area contributed by atoms with Gasteiger partial charge < -0.3 is 15.8 Å². The van der Waals surface area contributed by atoms with E-state index in [0.29, 0.717) is 18.5 Å². The average Bonchev–Trinajstić information content (AvgIpc) is 3.06. The topological polar surface area (TPSA) is 156 Å². The Morgan fingerprint density at radius 3 is 2.89 bits per heavy atom. The van der Waals surface area contributed by atoms with Gasteiger partial charge >= 0.3 is 0 Å². The lowest BCUT2D eigenvalue weighted by molar-refractivity contribution is 0.304. The number of hydrogen-bond donors (Lipinski definition) is 4. The van der Waals surface area contributed by atoms with Crippen LogP contribution in [0, 0.1) is 22.1 Å². The van der Waals surface area contributed by atoms with E-state index in [1.54, 1.807) is 12.4 Å². The molecule has 1 saturated carbocycles. The molecule has 28 heavy (non-hydrogen) atoms. The van der Waals surface area contributed by atoms with E-state index in [2.05, 4.69) is 46.4 Å². The van der Waals surface area contributed by atoms with Crippen LogP contribution in [0.15, 0.2) is 36.8 Å². The van der Waals surface area contributed by atoms with Crippen molar-refractivity contribution in [3.8, 4) is 6.19 Å². The minimum Gasteiger partial charge on any atom is -0.409 e. The van der Waals surface area contributed by atoms with E-state index in [1.807, 2.05) is 0 Å². The second-order valence-corrected chi connectivity index (χ2v) is 9.80. The monoisotopic (exact) mass is 470 g/mol. The second kappa shape index (κ2) is 8.11. The molecule has 148 valence electrons. The van der Waals surface area contributed by atoms with Crippen LogP contribution in [-0.4, -0.2) is 38.9 Å². The number of nitrogens with one attached hydrogen (secondary N) is 3. The van der Waals surface area contributed by atoms with Gasteiger partial charge in [-0.1, -0.05) is 5.16 Å². The number of amidine groups is 1. The van der Waals surface area contributed by atoms with Gasteiger partial charge in [-0.25, -0.2) is 9.02 Å². The van der Waals surface area contributed by atoms with Crippen LogP contribution in [0.5, 0.6) is 0 Å². The van der Waals surface area contributed by atoms with Crippen molar-refractivity contribution in [3.63, 3.8) is 0 Å². The van der Waals surface area contributed by atoms with E-state index < -0.39 is 15.4 Å². The summed E-state index contributed by atoms with van der Waals surface area (Å²) >= 11 is 3.09. The zero-order valence-electron chi connectivity index (χ0n) is 14.6. The van der Waals surface area contributed by atoms with Gasteiger partial charge in [0, 0.05) is 23.2 Å². The molecule has 0 radical (unpaired) electrons. The zero-order valence-corrected chi connectivity index (χ0v) is 17.0. The lowest BCUT2D eigenvalue weighted by Gasteiger charge is -2.37. The van der Waals surface area contributed by atoms with Crippen LogP contribution in [0.2, 0.25) is 0 Å². The second-order valence-electron chi connectivity index (χ2n) is 6.23. The maximum absolute atomic E-state index is 13.4. The molecule has 1 heterocycles. The molecule has 1 atom stereocenters. The van der Waals surface area contributed by atoms with E-state index in [4.69, 9.17) is 14.7 Å². The molecule has 10 nitrogen and oxygen atoms in total. The summed E-state index contributed by atoms with van der Waals surface area (Å²) in [5, 5.41) is 34.7. The third-order valence-corrected chi connectivity index (χ3v) is 7.06. The van der Waals surface area contributed by atoms with Gasteiger partial charge in [0.2, 0.25) is 17.8 Å². The third kappa shape index (κ3) is 4.23. The quantitative estimate of drug-likeness (QED) is 0.171. The first-order valence-corrected chi connectivity index (χ1v) is 10.9. The van der Waals surface area contributed by atoms with Crippen LogP contribution >= 0.6 is 15.9 Å². The Balaban J connectivity index is 1.69. The molecular weight excluding hydrogens is 455 g/mol. The lowest BCUT2D eigenvalue weighted by Crippen LogP contribution is -2.43. The van der Waals surface area contributed by atoms with Crippen molar-refractivity contribution in [2.24, 2.45) is 9.52 Å². The summed E-state index contributed by atoms with van der Waals surface area (Å²) in [5.41, 5.74) is 0.611. The van der Waals surface area contributed by atoms with Gasteiger partial charge in [-0.05, 0) is 66.9 Å². The van der Waals surface area contributed by atoms with E-state index in [-0.39, 0.29) is 33.1 Å². The summed E-state index contributed by atoms with van der Waals surface area (Å²) in [6, 6.07) is 4.21. The molecule has 1 aromatic carbocycles. The summed E-state index contributed by atoms with van der Waals surface area (Å²) in [6.07, 6.45) is 4.70. The largest absolute Gasteiger partial charge is 0.409 e. The van der Waals surface area contributed by atoms with Gasteiger partial charge in [-0.2, -0.15) is 5.26 Å². The SMILES string of the molecule is CS(=N)(=NC#N)[C@H]1C[C@H](Nc2nonc2/C(=N/O)Nc2ccc(F)c(Br)c2)C1. The van der Waals surface area contributed by atoms with Crippen molar-refractivity contribution in [2.45, 2.75) is 24.1 Å². The standard InChI is InChI=1S/C15H16BrFN8O2S/c1-28(19,20-7-18)10-4-9(5-10)22-15-13(24-27-25-15)14(23-26)21-8-2-3-12(17)11(16)6-8/h2-3,6,9-10,19,26H,4-5H2,1H3,(H,21,23)(H,22,25)/t9-,10-,28?. The normalized spacial score (nSPS) is 21.1. The molecule has 1 aliphatic rings. The van der Waals surface area contributed by atoms with Crippen molar-refractivity contribution in [3.05, 3.63) is 34.2 Å². The van der Waals surface area contributed by atoms with Crippen molar-refractivity contribution in [1.29, 1.82) is 10.0 Å². The predicted molar refractivity (Wildman–Crippen MR) is 105 cm³/mol. The summed E-state index contributed by atoms with van der Waals surface area (Å²) in [4.78, 5) is 0. The molecule has 1 aliphatic carbocycles. The van der Waals surface area contributed by atoms with Crippen molar-refractivity contribution < 1.29 is 14.2 Å². The van der Waals surface area contributed by atoms with Crippen LogP contribution < -0.4 is 10.6 Å². The summed E-state index contributed by atoms with van der Waals surface area (Å²) in [5.74, 6) is -0.193. The van der Waals surface area contributed by atoms with Gasteiger partial charge in [0.15, 0.2) is 5.69 Å². The maximum atomic E-state index is 13.4.